The molecule has 3 unspecified atom stereocenters. The number of rotatable bonds is 9. The molecule has 0 N–H and O–H groups in total. The quantitative estimate of drug-likeness (QED) is 0.220. The second kappa shape index (κ2) is 27.3. The van der Waals surface area contributed by atoms with E-state index in [4.69, 9.17) is 28.4 Å². The van der Waals surface area contributed by atoms with Gasteiger partial charge in [-0.1, -0.05) is 117 Å². The van der Waals surface area contributed by atoms with Crippen LogP contribution in [-0.2, 0) is 14.2 Å². The monoisotopic (exact) mass is 628 g/mol. The minimum absolute atomic E-state index is 0. The smallest absolute Gasteiger partial charge is 0.122 e. The van der Waals surface area contributed by atoms with Crippen molar-refractivity contribution in [3.8, 4) is 17.2 Å². The third kappa shape index (κ3) is 21.3. The second-order valence-corrected chi connectivity index (χ2v) is 9.80. The number of para-hydroxylation sites is 3. The van der Waals surface area contributed by atoms with Crippen molar-refractivity contribution < 1.29 is 28.4 Å². The predicted octanol–water partition coefficient (Wildman–Crippen LogP) is 10.1. The van der Waals surface area contributed by atoms with Gasteiger partial charge in [0.1, 0.15) is 55.4 Å². The van der Waals surface area contributed by atoms with Crippen molar-refractivity contribution in [2.75, 3.05) is 39.6 Å². The summed E-state index contributed by atoms with van der Waals surface area (Å²) < 4.78 is 31.7. The summed E-state index contributed by atoms with van der Waals surface area (Å²) in [5.74, 6) is 2.90. The van der Waals surface area contributed by atoms with Crippen LogP contribution in [0.3, 0.4) is 0 Å². The fourth-order valence-electron chi connectivity index (χ4n) is 3.20. The van der Waals surface area contributed by atoms with E-state index in [1.54, 1.807) is 0 Å². The summed E-state index contributed by atoms with van der Waals surface area (Å²) in [6, 6.07) is 24.1. The fourth-order valence-corrected chi connectivity index (χ4v) is 3.20. The van der Waals surface area contributed by atoms with E-state index in [-0.39, 0.29) is 14.9 Å². The molecule has 3 aromatic rings. The van der Waals surface area contributed by atoms with Crippen LogP contribution in [0.15, 0.2) is 72.8 Å². The lowest BCUT2D eigenvalue weighted by Crippen LogP contribution is -2.04. The van der Waals surface area contributed by atoms with Crippen LogP contribution in [0.5, 0.6) is 17.2 Å². The van der Waals surface area contributed by atoms with Gasteiger partial charge < -0.3 is 28.4 Å². The van der Waals surface area contributed by atoms with Gasteiger partial charge in [0.2, 0.25) is 0 Å². The minimum Gasteiger partial charge on any atom is -0.491 e. The Balaban J connectivity index is 0. The molecule has 0 aliphatic carbocycles. The van der Waals surface area contributed by atoms with Crippen molar-refractivity contribution >= 4 is 0 Å². The van der Waals surface area contributed by atoms with E-state index in [0.29, 0.717) is 38.1 Å². The normalized spacial score (nSPS) is 17.1. The molecule has 6 heteroatoms. The van der Waals surface area contributed by atoms with Gasteiger partial charge in [0, 0.05) is 0 Å². The van der Waals surface area contributed by atoms with Crippen molar-refractivity contribution in [2.45, 2.75) is 102 Å². The lowest BCUT2D eigenvalue weighted by Gasteiger charge is -2.06. The van der Waals surface area contributed by atoms with Gasteiger partial charge >= 0.3 is 0 Å². The SMILES string of the molecule is C.C.CC.CC.CCC.Cc1ccccc1OCC1CO1.Cc1ccccc1OCC1CO1.Cc1ccccc1OCC1CO1. The largest absolute Gasteiger partial charge is 0.491 e. The highest BCUT2D eigenvalue weighted by Gasteiger charge is 2.24. The van der Waals surface area contributed by atoms with Crippen LogP contribution >= 0.6 is 0 Å². The summed E-state index contributed by atoms with van der Waals surface area (Å²) in [5, 5.41) is 0. The Hall–Kier alpha value is -3.06. The number of aryl methyl sites for hydroxylation is 3. The van der Waals surface area contributed by atoms with E-state index in [0.717, 1.165) is 37.1 Å². The Kier molecular flexibility index (Phi) is 26.7. The standard InChI is InChI=1S/3C10H12O2.C3H8.2C2H6.2CH4/c3*1-8-4-2-3-5-10(8)12-7-9-6-11-9;1-3-2;2*1-2;;/h3*2-5,9H,6-7H2,1H3;3H2,1-2H3;2*1-2H3;2*1H4. The maximum absolute atomic E-state index is 5.54. The fraction of sp³-hybridized carbons (Fsp3) is 0.538. The molecule has 3 heterocycles. The Labute approximate surface area is 276 Å². The Morgan fingerprint density at radius 2 is 0.689 bits per heavy atom. The van der Waals surface area contributed by atoms with Gasteiger partial charge in [0.25, 0.3) is 0 Å². The molecule has 0 spiro atoms. The molecule has 3 aliphatic rings. The zero-order valence-corrected chi connectivity index (χ0v) is 28.1. The van der Waals surface area contributed by atoms with Crippen LogP contribution < -0.4 is 14.2 Å². The van der Waals surface area contributed by atoms with Gasteiger partial charge in [-0.05, 0) is 55.7 Å². The zero-order chi connectivity index (χ0) is 31.9. The molecule has 0 bridgehead atoms. The molecule has 0 amide bonds. The van der Waals surface area contributed by atoms with Crippen LogP contribution in [0.2, 0.25) is 0 Å². The molecule has 3 saturated heterocycles. The van der Waals surface area contributed by atoms with Gasteiger partial charge in [-0.25, -0.2) is 0 Å². The number of benzene rings is 3. The molecule has 256 valence electrons. The van der Waals surface area contributed by atoms with Crippen molar-refractivity contribution in [2.24, 2.45) is 0 Å². The zero-order valence-electron chi connectivity index (χ0n) is 28.1. The van der Waals surface area contributed by atoms with Crippen molar-refractivity contribution in [3.05, 3.63) is 89.5 Å². The lowest BCUT2D eigenvalue weighted by molar-refractivity contribution is 0.262. The average Bonchev–Trinajstić information content (AvgIpc) is 3.89. The van der Waals surface area contributed by atoms with E-state index in [1.807, 2.05) is 121 Å². The molecular weight excluding hydrogens is 564 g/mol. The van der Waals surface area contributed by atoms with E-state index in [1.165, 1.54) is 23.1 Å². The maximum atomic E-state index is 5.54. The van der Waals surface area contributed by atoms with Crippen LogP contribution in [0.25, 0.3) is 0 Å². The third-order valence-corrected chi connectivity index (χ3v) is 5.76. The molecule has 3 fully saturated rings. The van der Waals surface area contributed by atoms with Crippen molar-refractivity contribution in [1.29, 1.82) is 0 Å². The highest BCUT2D eigenvalue weighted by atomic mass is 16.6. The van der Waals surface area contributed by atoms with E-state index in [2.05, 4.69) is 13.8 Å². The first-order valence-corrected chi connectivity index (χ1v) is 15.9. The number of epoxide rings is 3. The third-order valence-electron chi connectivity index (χ3n) is 5.76. The van der Waals surface area contributed by atoms with Gasteiger partial charge in [-0.3, -0.25) is 0 Å². The highest BCUT2D eigenvalue weighted by Crippen LogP contribution is 2.20. The van der Waals surface area contributed by atoms with Gasteiger partial charge in [0.05, 0.1) is 19.8 Å². The maximum Gasteiger partial charge on any atom is 0.122 e. The van der Waals surface area contributed by atoms with Gasteiger partial charge in [-0.2, -0.15) is 0 Å². The first-order valence-electron chi connectivity index (χ1n) is 15.9. The molecule has 3 aliphatic heterocycles. The number of ether oxygens (including phenoxy) is 6. The highest BCUT2D eigenvalue weighted by molar-refractivity contribution is 5.33. The molecule has 0 aromatic heterocycles. The topological polar surface area (TPSA) is 65.3 Å². The average molecular weight is 629 g/mol. The minimum atomic E-state index is 0. The van der Waals surface area contributed by atoms with Crippen LogP contribution in [0, 0.1) is 20.8 Å². The van der Waals surface area contributed by atoms with E-state index < -0.39 is 0 Å². The molecule has 45 heavy (non-hydrogen) atoms. The first kappa shape index (κ1) is 44.1. The molecular formula is C39H64O6. The first-order chi connectivity index (χ1) is 21.0. The second-order valence-electron chi connectivity index (χ2n) is 9.80. The molecule has 3 aromatic carbocycles. The summed E-state index contributed by atoms with van der Waals surface area (Å²) >= 11 is 0. The summed E-state index contributed by atoms with van der Waals surface area (Å²) in [4.78, 5) is 0. The van der Waals surface area contributed by atoms with Crippen molar-refractivity contribution in [3.63, 3.8) is 0 Å². The molecule has 0 saturated carbocycles. The molecule has 6 rings (SSSR count). The molecule has 0 radical (unpaired) electrons. The summed E-state index contributed by atoms with van der Waals surface area (Å²) in [6.07, 6.45) is 2.26. The Morgan fingerprint density at radius 1 is 0.489 bits per heavy atom. The number of hydrogen-bond acceptors (Lipinski definition) is 6. The van der Waals surface area contributed by atoms with Gasteiger partial charge in [-0.15, -0.1) is 0 Å². The Bertz CT molecular complexity index is 953. The van der Waals surface area contributed by atoms with Crippen LogP contribution in [-0.4, -0.2) is 58.0 Å². The van der Waals surface area contributed by atoms with Crippen LogP contribution in [0.1, 0.15) is 79.5 Å². The summed E-state index contributed by atoms with van der Waals surface area (Å²) in [6.45, 7) is 23.0. The lowest BCUT2D eigenvalue weighted by atomic mass is 10.2. The molecule has 3 atom stereocenters. The van der Waals surface area contributed by atoms with E-state index in [9.17, 15) is 0 Å². The number of hydrogen-bond donors (Lipinski definition) is 0. The molecule has 6 nitrogen and oxygen atoms in total. The Morgan fingerprint density at radius 3 is 0.867 bits per heavy atom. The van der Waals surface area contributed by atoms with Gasteiger partial charge in [0.15, 0.2) is 0 Å². The summed E-state index contributed by atoms with van der Waals surface area (Å²) in [5.41, 5.74) is 3.54. The van der Waals surface area contributed by atoms with Crippen LogP contribution in [0.4, 0.5) is 0 Å². The summed E-state index contributed by atoms with van der Waals surface area (Å²) in [7, 11) is 0. The predicted molar refractivity (Wildman–Crippen MR) is 191 cm³/mol. The van der Waals surface area contributed by atoms with E-state index >= 15 is 0 Å². The van der Waals surface area contributed by atoms with Crippen molar-refractivity contribution in [1.82, 2.24) is 0 Å².